The van der Waals surface area contributed by atoms with Crippen molar-refractivity contribution >= 4 is 5.91 Å². The Kier molecular flexibility index (Phi) is 4.98. The summed E-state index contributed by atoms with van der Waals surface area (Å²) in [6, 6.07) is 7.46. The molecule has 5 heteroatoms. The van der Waals surface area contributed by atoms with Crippen molar-refractivity contribution in [2.24, 2.45) is 0 Å². The number of rotatable bonds is 4. The number of hydrogen-bond acceptors (Lipinski definition) is 4. The van der Waals surface area contributed by atoms with Gasteiger partial charge in [0.25, 0.3) is 0 Å². The van der Waals surface area contributed by atoms with E-state index >= 15 is 0 Å². The fourth-order valence-electron chi connectivity index (χ4n) is 2.38. The molecule has 1 aliphatic rings. The first-order valence-electron chi connectivity index (χ1n) is 6.86. The van der Waals surface area contributed by atoms with Gasteiger partial charge in [-0.3, -0.25) is 4.79 Å². The zero-order chi connectivity index (χ0) is 14.5. The number of nitrogens with zero attached hydrogens (tertiary/aromatic N) is 1. The molecule has 2 unspecified atom stereocenters. The van der Waals surface area contributed by atoms with Gasteiger partial charge >= 0.3 is 0 Å². The van der Waals surface area contributed by atoms with Crippen molar-refractivity contribution < 1.29 is 14.3 Å². The first-order chi connectivity index (χ1) is 9.65. The van der Waals surface area contributed by atoms with E-state index in [0.717, 1.165) is 11.3 Å². The molecule has 1 heterocycles. The van der Waals surface area contributed by atoms with Gasteiger partial charge in [0, 0.05) is 19.2 Å². The van der Waals surface area contributed by atoms with Crippen molar-refractivity contribution in [2.75, 3.05) is 33.9 Å². The van der Waals surface area contributed by atoms with Gasteiger partial charge in [-0.25, -0.2) is 0 Å². The maximum atomic E-state index is 12.5. The largest absolute Gasteiger partial charge is 0.496 e. The Balaban J connectivity index is 2.11. The van der Waals surface area contributed by atoms with Crippen molar-refractivity contribution in [1.29, 1.82) is 0 Å². The van der Waals surface area contributed by atoms with E-state index in [-0.39, 0.29) is 18.0 Å². The van der Waals surface area contributed by atoms with E-state index in [4.69, 9.17) is 9.47 Å². The van der Waals surface area contributed by atoms with Crippen molar-refractivity contribution in [3.05, 3.63) is 29.8 Å². The summed E-state index contributed by atoms with van der Waals surface area (Å²) in [7, 11) is 3.46. The molecule has 1 N–H and O–H groups in total. The Morgan fingerprint density at radius 1 is 1.50 bits per heavy atom. The number of hydrogen-bond donors (Lipinski definition) is 1. The van der Waals surface area contributed by atoms with Crippen LogP contribution < -0.4 is 10.1 Å². The topological polar surface area (TPSA) is 50.8 Å². The van der Waals surface area contributed by atoms with E-state index in [9.17, 15) is 4.79 Å². The van der Waals surface area contributed by atoms with Crippen molar-refractivity contribution in [1.82, 2.24) is 10.2 Å². The Morgan fingerprint density at radius 3 is 2.90 bits per heavy atom. The van der Waals surface area contributed by atoms with Crippen LogP contribution in [0.15, 0.2) is 24.3 Å². The molecule has 2 rings (SSSR count). The molecule has 110 valence electrons. The molecular weight excluding hydrogens is 256 g/mol. The van der Waals surface area contributed by atoms with Crippen molar-refractivity contribution in [3.8, 4) is 5.75 Å². The molecule has 2 atom stereocenters. The highest BCUT2D eigenvalue weighted by atomic mass is 16.5. The highest BCUT2D eigenvalue weighted by Gasteiger charge is 2.28. The molecule has 1 saturated heterocycles. The number of carbonyl (C=O) groups is 1. The number of amides is 1. The number of ether oxygens (including phenoxy) is 2. The monoisotopic (exact) mass is 278 g/mol. The van der Waals surface area contributed by atoms with Gasteiger partial charge in [0.15, 0.2) is 0 Å². The summed E-state index contributed by atoms with van der Waals surface area (Å²) < 4.78 is 10.7. The van der Waals surface area contributed by atoms with E-state index < -0.39 is 0 Å². The van der Waals surface area contributed by atoms with E-state index in [1.807, 2.05) is 38.2 Å². The van der Waals surface area contributed by atoms with Gasteiger partial charge in [0.2, 0.25) is 5.91 Å². The number of para-hydroxylation sites is 1. The minimum absolute atomic E-state index is 0.0445. The summed E-state index contributed by atoms with van der Waals surface area (Å²) in [6.45, 7) is 3.81. The summed E-state index contributed by atoms with van der Waals surface area (Å²) >= 11 is 0. The van der Waals surface area contributed by atoms with Gasteiger partial charge in [-0.05, 0) is 13.0 Å². The van der Waals surface area contributed by atoms with E-state index in [1.54, 1.807) is 12.0 Å². The number of likely N-dealkylation sites (N-methyl/N-ethyl adjacent to an activating group) is 1. The van der Waals surface area contributed by atoms with E-state index in [2.05, 4.69) is 5.32 Å². The third-order valence-corrected chi connectivity index (χ3v) is 3.74. The molecule has 0 bridgehead atoms. The van der Waals surface area contributed by atoms with Gasteiger partial charge < -0.3 is 19.7 Å². The molecule has 1 aliphatic heterocycles. The highest BCUT2D eigenvalue weighted by molar-refractivity contribution is 5.82. The quantitative estimate of drug-likeness (QED) is 0.899. The molecule has 1 aromatic carbocycles. The summed E-state index contributed by atoms with van der Waals surface area (Å²) in [6.07, 6.45) is 0. The standard InChI is InChI=1S/C15H22N2O3/c1-11(12-6-4-5-7-14(12)19-3)17(2)15(18)13-10-20-9-8-16-13/h4-7,11,13,16H,8-10H2,1-3H3. The molecule has 0 spiro atoms. The van der Waals surface area contributed by atoms with Crippen LogP contribution in [0.2, 0.25) is 0 Å². The zero-order valence-corrected chi connectivity index (χ0v) is 12.3. The Labute approximate surface area is 119 Å². The molecule has 0 radical (unpaired) electrons. The molecule has 1 aromatic rings. The summed E-state index contributed by atoms with van der Waals surface area (Å²) in [4.78, 5) is 14.2. The van der Waals surface area contributed by atoms with Crippen LogP contribution in [0.1, 0.15) is 18.5 Å². The second kappa shape index (κ2) is 6.72. The van der Waals surface area contributed by atoms with Crippen LogP contribution in [0.3, 0.4) is 0 Å². The predicted molar refractivity (Wildman–Crippen MR) is 76.8 cm³/mol. The molecule has 0 aliphatic carbocycles. The average Bonchev–Trinajstić information content (AvgIpc) is 2.53. The van der Waals surface area contributed by atoms with Crippen LogP contribution >= 0.6 is 0 Å². The molecule has 0 aromatic heterocycles. The molecule has 5 nitrogen and oxygen atoms in total. The molecule has 0 saturated carbocycles. The van der Waals surface area contributed by atoms with E-state index in [0.29, 0.717) is 19.8 Å². The Hall–Kier alpha value is -1.59. The predicted octanol–water partition coefficient (Wildman–Crippen LogP) is 1.20. The fraction of sp³-hybridized carbons (Fsp3) is 0.533. The zero-order valence-electron chi connectivity index (χ0n) is 12.3. The lowest BCUT2D eigenvalue weighted by molar-refractivity contribution is -0.137. The maximum Gasteiger partial charge on any atom is 0.242 e. The SMILES string of the molecule is COc1ccccc1C(C)N(C)C(=O)C1COCCN1. The highest BCUT2D eigenvalue weighted by Crippen LogP contribution is 2.28. The van der Waals surface area contributed by atoms with Crippen LogP contribution in [-0.2, 0) is 9.53 Å². The lowest BCUT2D eigenvalue weighted by atomic mass is 10.1. The molecule has 1 amide bonds. The van der Waals surface area contributed by atoms with Gasteiger partial charge in [-0.15, -0.1) is 0 Å². The fourth-order valence-corrected chi connectivity index (χ4v) is 2.38. The minimum atomic E-state index is -0.258. The summed E-state index contributed by atoms with van der Waals surface area (Å²) in [5.41, 5.74) is 1.00. The van der Waals surface area contributed by atoms with Gasteiger partial charge in [-0.2, -0.15) is 0 Å². The van der Waals surface area contributed by atoms with Gasteiger partial charge in [-0.1, -0.05) is 18.2 Å². The Morgan fingerprint density at radius 2 is 2.25 bits per heavy atom. The molecule has 1 fully saturated rings. The van der Waals surface area contributed by atoms with Crippen LogP contribution in [0, 0.1) is 0 Å². The third-order valence-electron chi connectivity index (χ3n) is 3.74. The summed E-state index contributed by atoms with van der Waals surface area (Å²) in [5, 5.41) is 3.19. The van der Waals surface area contributed by atoms with E-state index in [1.165, 1.54) is 0 Å². The van der Waals surface area contributed by atoms with Crippen LogP contribution in [0.25, 0.3) is 0 Å². The molecule has 20 heavy (non-hydrogen) atoms. The number of methoxy groups -OCH3 is 1. The Bertz CT molecular complexity index is 458. The third kappa shape index (κ3) is 3.11. The minimum Gasteiger partial charge on any atom is -0.496 e. The first kappa shape index (κ1) is 14.8. The number of carbonyl (C=O) groups excluding carboxylic acids is 1. The lowest BCUT2D eigenvalue weighted by Gasteiger charge is -2.32. The summed E-state index contributed by atoms with van der Waals surface area (Å²) in [5.74, 6) is 0.843. The lowest BCUT2D eigenvalue weighted by Crippen LogP contribution is -2.52. The van der Waals surface area contributed by atoms with Crippen molar-refractivity contribution in [2.45, 2.75) is 19.0 Å². The van der Waals surface area contributed by atoms with Crippen molar-refractivity contribution in [3.63, 3.8) is 0 Å². The number of benzene rings is 1. The average molecular weight is 278 g/mol. The van der Waals surface area contributed by atoms with Gasteiger partial charge in [0.1, 0.15) is 11.8 Å². The number of nitrogens with one attached hydrogen (secondary N) is 1. The van der Waals surface area contributed by atoms with Gasteiger partial charge in [0.05, 0.1) is 26.4 Å². The van der Waals surface area contributed by atoms with Crippen LogP contribution in [0.5, 0.6) is 5.75 Å². The normalized spacial score (nSPS) is 20.2. The second-order valence-electron chi connectivity index (χ2n) is 4.95. The second-order valence-corrected chi connectivity index (χ2v) is 4.95. The smallest absolute Gasteiger partial charge is 0.242 e. The molecular formula is C15H22N2O3. The number of morpholine rings is 1. The maximum absolute atomic E-state index is 12.5. The van der Waals surface area contributed by atoms with Crippen LogP contribution in [0.4, 0.5) is 0 Å². The first-order valence-corrected chi connectivity index (χ1v) is 6.86. The van der Waals surface area contributed by atoms with Crippen LogP contribution in [-0.4, -0.2) is 50.8 Å².